The first-order valence-corrected chi connectivity index (χ1v) is 8.97. The molecular formula is C22H28O2. The molecule has 0 aliphatic heterocycles. The number of hydrogen-bond donors (Lipinski definition) is 1. The van der Waals surface area contributed by atoms with Gasteiger partial charge in [-0.1, -0.05) is 74.0 Å². The highest BCUT2D eigenvalue weighted by Crippen LogP contribution is 2.26. The van der Waals surface area contributed by atoms with Crippen LogP contribution >= 0.6 is 0 Å². The fourth-order valence-corrected chi connectivity index (χ4v) is 3.39. The van der Waals surface area contributed by atoms with Crippen molar-refractivity contribution in [3.05, 3.63) is 71.8 Å². The molecule has 0 aliphatic carbocycles. The second-order valence-electron chi connectivity index (χ2n) is 6.69. The van der Waals surface area contributed by atoms with Crippen LogP contribution in [0.3, 0.4) is 0 Å². The van der Waals surface area contributed by atoms with Gasteiger partial charge in [0.25, 0.3) is 0 Å². The predicted molar refractivity (Wildman–Crippen MR) is 99.0 cm³/mol. The van der Waals surface area contributed by atoms with Gasteiger partial charge in [0, 0.05) is 6.42 Å². The van der Waals surface area contributed by atoms with Crippen molar-refractivity contribution in [1.29, 1.82) is 0 Å². The molecule has 0 aromatic heterocycles. The van der Waals surface area contributed by atoms with Gasteiger partial charge in [-0.05, 0) is 48.6 Å². The van der Waals surface area contributed by atoms with E-state index in [1.807, 2.05) is 6.07 Å². The van der Waals surface area contributed by atoms with E-state index in [9.17, 15) is 4.79 Å². The molecule has 2 atom stereocenters. The third-order valence-corrected chi connectivity index (χ3v) is 4.74. The maximum absolute atomic E-state index is 11.0. The summed E-state index contributed by atoms with van der Waals surface area (Å²) < 4.78 is 0. The standard InChI is InChI=1S/C22H28O2/c1-2-18(15-19-9-5-3-6-10-19)16-21(13-14-22(23)24)17-20-11-7-4-8-12-20/h3-12,18,21H,2,13-17H2,1H3,(H,23,24). The first kappa shape index (κ1) is 18.3. The molecule has 2 aromatic carbocycles. The highest BCUT2D eigenvalue weighted by Gasteiger charge is 2.17. The van der Waals surface area contributed by atoms with E-state index in [0.717, 1.165) is 32.1 Å². The Bertz CT molecular complexity index is 592. The van der Waals surface area contributed by atoms with Gasteiger partial charge >= 0.3 is 5.97 Å². The van der Waals surface area contributed by atoms with Crippen LogP contribution in [0.25, 0.3) is 0 Å². The van der Waals surface area contributed by atoms with Crippen LogP contribution in [-0.4, -0.2) is 11.1 Å². The average molecular weight is 324 g/mol. The fraction of sp³-hybridized carbons (Fsp3) is 0.409. The maximum atomic E-state index is 11.0. The largest absolute Gasteiger partial charge is 0.481 e. The van der Waals surface area contributed by atoms with E-state index in [0.29, 0.717) is 11.8 Å². The molecule has 2 aromatic rings. The molecule has 0 spiro atoms. The highest BCUT2D eigenvalue weighted by molar-refractivity contribution is 5.66. The number of carboxylic acid groups (broad SMARTS) is 1. The van der Waals surface area contributed by atoms with Crippen molar-refractivity contribution < 1.29 is 9.90 Å². The number of benzene rings is 2. The fourth-order valence-electron chi connectivity index (χ4n) is 3.39. The van der Waals surface area contributed by atoms with Gasteiger partial charge in [-0.3, -0.25) is 4.79 Å². The normalized spacial score (nSPS) is 13.4. The molecule has 2 nitrogen and oxygen atoms in total. The van der Waals surface area contributed by atoms with Crippen LogP contribution in [0.15, 0.2) is 60.7 Å². The van der Waals surface area contributed by atoms with Crippen molar-refractivity contribution >= 4 is 5.97 Å². The summed E-state index contributed by atoms with van der Waals surface area (Å²) in [5.41, 5.74) is 2.68. The van der Waals surface area contributed by atoms with E-state index in [2.05, 4.69) is 61.5 Å². The molecule has 0 amide bonds. The summed E-state index contributed by atoms with van der Waals surface area (Å²) in [4.78, 5) is 11.0. The van der Waals surface area contributed by atoms with Crippen LogP contribution in [0, 0.1) is 11.8 Å². The lowest BCUT2D eigenvalue weighted by molar-refractivity contribution is -0.137. The smallest absolute Gasteiger partial charge is 0.303 e. The quantitative estimate of drug-likeness (QED) is 0.638. The molecule has 2 heteroatoms. The van der Waals surface area contributed by atoms with Gasteiger partial charge in [-0.25, -0.2) is 0 Å². The average Bonchev–Trinajstić information content (AvgIpc) is 2.60. The topological polar surface area (TPSA) is 37.3 Å². The molecule has 0 aliphatic rings. The monoisotopic (exact) mass is 324 g/mol. The zero-order chi connectivity index (χ0) is 17.2. The minimum absolute atomic E-state index is 0.263. The molecule has 24 heavy (non-hydrogen) atoms. The van der Waals surface area contributed by atoms with Gasteiger partial charge in [-0.2, -0.15) is 0 Å². The number of carboxylic acids is 1. The van der Waals surface area contributed by atoms with E-state index in [1.165, 1.54) is 11.1 Å². The van der Waals surface area contributed by atoms with E-state index < -0.39 is 5.97 Å². The van der Waals surface area contributed by atoms with Gasteiger partial charge in [0.05, 0.1) is 0 Å². The zero-order valence-electron chi connectivity index (χ0n) is 14.5. The first-order valence-electron chi connectivity index (χ1n) is 8.97. The lowest BCUT2D eigenvalue weighted by atomic mass is 9.82. The second-order valence-corrected chi connectivity index (χ2v) is 6.69. The lowest BCUT2D eigenvalue weighted by Crippen LogP contribution is -2.15. The van der Waals surface area contributed by atoms with E-state index >= 15 is 0 Å². The molecule has 2 rings (SSSR count). The van der Waals surface area contributed by atoms with Gasteiger partial charge in [0.2, 0.25) is 0 Å². The lowest BCUT2D eigenvalue weighted by Gasteiger charge is -2.23. The van der Waals surface area contributed by atoms with Crippen LogP contribution in [0.2, 0.25) is 0 Å². The second kappa shape index (κ2) is 9.92. The summed E-state index contributed by atoms with van der Waals surface area (Å²) in [6.07, 6.45) is 5.30. The van der Waals surface area contributed by atoms with Crippen molar-refractivity contribution in [2.75, 3.05) is 0 Å². The molecule has 0 bridgehead atoms. The summed E-state index contributed by atoms with van der Waals surface area (Å²) in [6, 6.07) is 21.0. The summed E-state index contributed by atoms with van der Waals surface area (Å²) in [5.74, 6) is 0.344. The Morgan fingerprint density at radius 2 is 1.38 bits per heavy atom. The van der Waals surface area contributed by atoms with E-state index in [1.54, 1.807) is 0 Å². The SMILES string of the molecule is CCC(Cc1ccccc1)CC(CCC(=O)O)Cc1ccccc1. The summed E-state index contributed by atoms with van der Waals surface area (Å²) >= 11 is 0. The van der Waals surface area contributed by atoms with Gasteiger partial charge in [0.1, 0.15) is 0 Å². The minimum Gasteiger partial charge on any atom is -0.481 e. The summed E-state index contributed by atoms with van der Waals surface area (Å²) in [6.45, 7) is 2.24. The number of rotatable bonds is 10. The van der Waals surface area contributed by atoms with Crippen molar-refractivity contribution in [2.24, 2.45) is 11.8 Å². The van der Waals surface area contributed by atoms with Crippen LogP contribution in [-0.2, 0) is 17.6 Å². The molecule has 128 valence electrons. The highest BCUT2D eigenvalue weighted by atomic mass is 16.4. The predicted octanol–water partition coefficient (Wildman–Crippen LogP) is 5.37. The van der Waals surface area contributed by atoms with Crippen LogP contribution < -0.4 is 0 Å². The molecule has 0 saturated heterocycles. The summed E-state index contributed by atoms with van der Waals surface area (Å²) in [7, 11) is 0. The Balaban J connectivity index is 2.00. The third-order valence-electron chi connectivity index (χ3n) is 4.74. The van der Waals surface area contributed by atoms with Crippen molar-refractivity contribution in [3.63, 3.8) is 0 Å². The molecule has 0 radical (unpaired) electrons. The van der Waals surface area contributed by atoms with Crippen molar-refractivity contribution in [3.8, 4) is 0 Å². The van der Waals surface area contributed by atoms with Gasteiger partial charge < -0.3 is 5.11 Å². The minimum atomic E-state index is -0.691. The molecule has 1 N–H and O–H groups in total. The maximum Gasteiger partial charge on any atom is 0.303 e. The Morgan fingerprint density at radius 1 is 0.875 bits per heavy atom. The van der Waals surface area contributed by atoms with E-state index in [4.69, 9.17) is 5.11 Å². The summed E-state index contributed by atoms with van der Waals surface area (Å²) in [5, 5.41) is 9.05. The number of carbonyl (C=O) groups is 1. The zero-order valence-corrected chi connectivity index (χ0v) is 14.5. The van der Waals surface area contributed by atoms with E-state index in [-0.39, 0.29) is 6.42 Å². The molecule has 2 unspecified atom stereocenters. The number of hydrogen-bond acceptors (Lipinski definition) is 1. The van der Waals surface area contributed by atoms with Crippen molar-refractivity contribution in [1.82, 2.24) is 0 Å². The molecular weight excluding hydrogens is 296 g/mol. The Labute approximate surface area is 145 Å². The van der Waals surface area contributed by atoms with Crippen LogP contribution in [0.5, 0.6) is 0 Å². The van der Waals surface area contributed by atoms with Crippen LogP contribution in [0.4, 0.5) is 0 Å². The third kappa shape index (κ3) is 6.57. The number of aliphatic carboxylic acids is 1. The van der Waals surface area contributed by atoms with Gasteiger partial charge in [0.15, 0.2) is 0 Å². The molecule has 0 heterocycles. The molecule has 0 saturated carbocycles. The molecule has 0 fully saturated rings. The Kier molecular flexibility index (Phi) is 7.54. The Hall–Kier alpha value is -2.09. The van der Waals surface area contributed by atoms with Crippen LogP contribution in [0.1, 0.15) is 43.7 Å². The van der Waals surface area contributed by atoms with Gasteiger partial charge in [-0.15, -0.1) is 0 Å². The first-order chi connectivity index (χ1) is 11.7. The Morgan fingerprint density at radius 3 is 1.83 bits per heavy atom. The van der Waals surface area contributed by atoms with Crippen molar-refractivity contribution in [2.45, 2.75) is 45.4 Å².